The molecule has 0 saturated heterocycles. The van der Waals surface area contributed by atoms with E-state index < -0.39 is 0 Å². The Morgan fingerprint density at radius 2 is 2.21 bits per heavy atom. The first-order valence-corrected chi connectivity index (χ1v) is 5.83. The standard InChI is InChI=1S/C9H14N2S.C2H6/c1-4-8(2)11(3)6-9-5-10-7-12-9;1-2/h4-5,7H,6H2,1-3H3;1-2H3/b8-4+;. The third-order valence-electron chi connectivity index (χ3n) is 1.90. The van der Waals surface area contributed by atoms with Crippen LogP contribution in [-0.2, 0) is 6.54 Å². The molecule has 1 aromatic rings. The molecule has 3 heteroatoms. The highest BCUT2D eigenvalue weighted by atomic mass is 32.1. The van der Waals surface area contributed by atoms with Crippen molar-refractivity contribution in [2.75, 3.05) is 7.05 Å². The van der Waals surface area contributed by atoms with E-state index in [0.29, 0.717) is 0 Å². The van der Waals surface area contributed by atoms with Gasteiger partial charge < -0.3 is 4.90 Å². The van der Waals surface area contributed by atoms with Crippen molar-refractivity contribution in [3.63, 3.8) is 0 Å². The summed E-state index contributed by atoms with van der Waals surface area (Å²) in [5.74, 6) is 0. The minimum atomic E-state index is 0.959. The zero-order valence-electron chi connectivity index (χ0n) is 9.74. The molecule has 0 fully saturated rings. The van der Waals surface area contributed by atoms with Crippen molar-refractivity contribution in [1.29, 1.82) is 0 Å². The molecule has 0 aliphatic heterocycles. The molecule has 1 rings (SSSR count). The molecule has 1 aromatic heterocycles. The van der Waals surface area contributed by atoms with Crippen LogP contribution in [0.15, 0.2) is 23.5 Å². The van der Waals surface area contributed by atoms with Gasteiger partial charge in [-0.3, -0.25) is 4.98 Å². The van der Waals surface area contributed by atoms with Crippen molar-refractivity contribution >= 4 is 11.3 Å². The molecule has 0 aliphatic rings. The monoisotopic (exact) mass is 212 g/mol. The van der Waals surface area contributed by atoms with Crippen molar-refractivity contribution in [3.8, 4) is 0 Å². The maximum Gasteiger partial charge on any atom is 0.0794 e. The second kappa shape index (κ2) is 7.56. The molecule has 0 unspecified atom stereocenters. The molecule has 0 amide bonds. The quantitative estimate of drug-likeness (QED) is 0.762. The highest BCUT2D eigenvalue weighted by Crippen LogP contribution is 2.11. The maximum absolute atomic E-state index is 4.03. The van der Waals surface area contributed by atoms with Gasteiger partial charge in [-0.25, -0.2) is 0 Å². The number of hydrogen-bond acceptors (Lipinski definition) is 3. The van der Waals surface area contributed by atoms with Crippen LogP contribution in [0, 0.1) is 0 Å². The van der Waals surface area contributed by atoms with Crippen molar-refractivity contribution in [1.82, 2.24) is 9.88 Å². The average molecular weight is 212 g/mol. The van der Waals surface area contributed by atoms with Gasteiger partial charge in [-0.2, -0.15) is 0 Å². The first-order valence-electron chi connectivity index (χ1n) is 4.95. The highest BCUT2D eigenvalue weighted by molar-refractivity contribution is 7.09. The first kappa shape index (κ1) is 13.2. The molecule has 0 saturated carbocycles. The van der Waals surface area contributed by atoms with Gasteiger partial charge in [0.1, 0.15) is 0 Å². The second-order valence-corrected chi connectivity index (χ2v) is 3.72. The van der Waals surface area contributed by atoms with E-state index in [1.807, 2.05) is 25.6 Å². The van der Waals surface area contributed by atoms with E-state index >= 15 is 0 Å². The second-order valence-electron chi connectivity index (χ2n) is 2.75. The lowest BCUT2D eigenvalue weighted by Crippen LogP contribution is -2.14. The molecular weight excluding hydrogens is 192 g/mol. The van der Waals surface area contributed by atoms with Gasteiger partial charge in [-0.1, -0.05) is 19.9 Å². The Balaban J connectivity index is 0.000000791. The van der Waals surface area contributed by atoms with E-state index in [-0.39, 0.29) is 0 Å². The lowest BCUT2D eigenvalue weighted by Gasteiger charge is -2.18. The van der Waals surface area contributed by atoms with E-state index in [1.165, 1.54) is 10.6 Å². The Hall–Kier alpha value is -0.830. The van der Waals surface area contributed by atoms with Crippen LogP contribution in [-0.4, -0.2) is 16.9 Å². The lowest BCUT2D eigenvalue weighted by atomic mass is 10.4. The summed E-state index contributed by atoms with van der Waals surface area (Å²) in [6.45, 7) is 9.13. The first-order chi connectivity index (χ1) is 6.74. The summed E-state index contributed by atoms with van der Waals surface area (Å²) in [5, 5.41) is 0. The van der Waals surface area contributed by atoms with Crippen molar-refractivity contribution < 1.29 is 0 Å². The topological polar surface area (TPSA) is 16.1 Å². The van der Waals surface area contributed by atoms with Crippen LogP contribution in [0.2, 0.25) is 0 Å². The van der Waals surface area contributed by atoms with Gasteiger partial charge in [0.15, 0.2) is 0 Å². The predicted molar refractivity (Wildman–Crippen MR) is 64.4 cm³/mol. The van der Waals surface area contributed by atoms with Crippen LogP contribution < -0.4 is 0 Å². The fraction of sp³-hybridized carbons (Fsp3) is 0.545. The van der Waals surface area contributed by atoms with E-state index in [4.69, 9.17) is 0 Å². The summed E-state index contributed by atoms with van der Waals surface area (Å²) in [7, 11) is 2.09. The van der Waals surface area contributed by atoms with Gasteiger partial charge >= 0.3 is 0 Å². The SMILES string of the molecule is C/C=C(\C)N(C)Cc1cncs1.CC. The largest absolute Gasteiger partial charge is 0.373 e. The third kappa shape index (κ3) is 4.42. The Bertz CT molecular complexity index is 252. The maximum atomic E-state index is 4.03. The van der Waals surface area contributed by atoms with Crippen molar-refractivity contribution in [3.05, 3.63) is 28.4 Å². The van der Waals surface area contributed by atoms with Crippen molar-refractivity contribution in [2.24, 2.45) is 0 Å². The predicted octanol–water partition coefficient (Wildman–Crippen LogP) is 3.52. The summed E-state index contributed by atoms with van der Waals surface area (Å²) < 4.78 is 0. The Morgan fingerprint density at radius 1 is 1.57 bits per heavy atom. The van der Waals surface area contributed by atoms with Crippen LogP contribution in [0.3, 0.4) is 0 Å². The lowest BCUT2D eigenvalue weighted by molar-refractivity contribution is 0.415. The fourth-order valence-electron chi connectivity index (χ4n) is 0.899. The Kier molecular flexibility index (Phi) is 7.11. The molecule has 0 aromatic carbocycles. The number of hydrogen-bond donors (Lipinski definition) is 0. The third-order valence-corrected chi connectivity index (χ3v) is 2.66. The van der Waals surface area contributed by atoms with Gasteiger partial charge in [0.25, 0.3) is 0 Å². The van der Waals surface area contributed by atoms with Gasteiger partial charge in [0, 0.05) is 23.8 Å². The van der Waals surface area contributed by atoms with E-state index in [2.05, 4.69) is 36.9 Å². The van der Waals surface area contributed by atoms with Gasteiger partial charge in [-0.05, 0) is 13.8 Å². The average Bonchev–Trinajstić information content (AvgIpc) is 2.72. The van der Waals surface area contributed by atoms with E-state index in [0.717, 1.165) is 6.54 Å². The number of aromatic nitrogens is 1. The number of rotatable bonds is 3. The smallest absolute Gasteiger partial charge is 0.0794 e. The molecule has 0 atom stereocenters. The van der Waals surface area contributed by atoms with Crippen LogP contribution in [0.1, 0.15) is 32.6 Å². The van der Waals surface area contributed by atoms with Gasteiger partial charge in [0.05, 0.1) is 12.1 Å². The Morgan fingerprint density at radius 3 is 2.64 bits per heavy atom. The molecule has 1 heterocycles. The molecule has 0 spiro atoms. The highest BCUT2D eigenvalue weighted by Gasteiger charge is 2.00. The summed E-state index contributed by atoms with van der Waals surface area (Å²) in [4.78, 5) is 7.55. The minimum Gasteiger partial charge on any atom is -0.373 e. The molecule has 0 N–H and O–H groups in total. The molecule has 2 nitrogen and oxygen atoms in total. The van der Waals surface area contributed by atoms with Crippen LogP contribution in [0.4, 0.5) is 0 Å². The van der Waals surface area contributed by atoms with E-state index in [1.54, 1.807) is 11.3 Å². The zero-order chi connectivity index (χ0) is 11.0. The van der Waals surface area contributed by atoms with Gasteiger partial charge in [0.2, 0.25) is 0 Å². The molecule has 80 valence electrons. The summed E-state index contributed by atoms with van der Waals surface area (Å²) in [6, 6.07) is 0. The number of nitrogens with zero attached hydrogens (tertiary/aromatic N) is 2. The Labute approximate surface area is 91.3 Å². The van der Waals surface area contributed by atoms with Crippen molar-refractivity contribution in [2.45, 2.75) is 34.2 Å². The molecular formula is C11H20N2S. The summed E-state index contributed by atoms with van der Waals surface area (Å²) in [6.07, 6.45) is 4.03. The molecule has 14 heavy (non-hydrogen) atoms. The van der Waals surface area contributed by atoms with Crippen LogP contribution in [0.25, 0.3) is 0 Å². The number of thiazole rings is 1. The fourth-order valence-corrected chi connectivity index (χ4v) is 1.55. The van der Waals surface area contributed by atoms with Gasteiger partial charge in [-0.15, -0.1) is 11.3 Å². The van der Waals surface area contributed by atoms with Crippen LogP contribution >= 0.6 is 11.3 Å². The summed E-state index contributed by atoms with van der Waals surface area (Å²) in [5.41, 5.74) is 3.16. The zero-order valence-corrected chi connectivity index (χ0v) is 10.6. The molecule has 0 aliphatic carbocycles. The number of allylic oxidation sites excluding steroid dienone is 2. The minimum absolute atomic E-state index is 0.959. The van der Waals surface area contributed by atoms with Crippen LogP contribution in [0.5, 0.6) is 0 Å². The normalized spacial score (nSPS) is 10.5. The molecule has 0 radical (unpaired) electrons. The summed E-state index contributed by atoms with van der Waals surface area (Å²) >= 11 is 1.70. The van der Waals surface area contributed by atoms with E-state index in [9.17, 15) is 0 Å². The molecule has 0 bridgehead atoms.